The third-order valence-corrected chi connectivity index (χ3v) is 7.32. The van der Waals surface area contributed by atoms with Crippen molar-refractivity contribution in [2.24, 2.45) is 5.41 Å². The van der Waals surface area contributed by atoms with Crippen LogP contribution < -0.4 is 4.74 Å². The summed E-state index contributed by atoms with van der Waals surface area (Å²) in [4.78, 5) is 12.6. The van der Waals surface area contributed by atoms with Gasteiger partial charge in [-0.25, -0.2) is 12.7 Å². The summed E-state index contributed by atoms with van der Waals surface area (Å²) in [7, 11) is -3.80. The van der Waals surface area contributed by atoms with Gasteiger partial charge in [0.25, 0.3) is 10.0 Å². The summed E-state index contributed by atoms with van der Waals surface area (Å²) in [6.07, 6.45) is 2.42. The Morgan fingerprint density at radius 1 is 1.12 bits per heavy atom. The Balaban J connectivity index is 1.49. The van der Waals surface area contributed by atoms with E-state index in [1.54, 1.807) is 12.1 Å². The number of amides is 1. The van der Waals surface area contributed by atoms with Gasteiger partial charge < -0.3 is 4.74 Å². The van der Waals surface area contributed by atoms with Gasteiger partial charge in [0.2, 0.25) is 5.91 Å². The molecule has 26 heavy (non-hydrogen) atoms. The van der Waals surface area contributed by atoms with Gasteiger partial charge >= 0.3 is 0 Å². The van der Waals surface area contributed by atoms with Crippen molar-refractivity contribution < 1.29 is 17.9 Å². The molecule has 1 saturated carbocycles. The summed E-state index contributed by atoms with van der Waals surface area (Å²) in [6.45, 7) is 2.29. The highest BCUT2D eigenvalue weighted by atomic mass is 32.2. The quantitative estimate of drug-likeness (QED) is 0.756. The van der Waals surface area contributed by atoms with Crippen LogP contribution in [0.2, 0.25) is 0 Å². The summed E-state index contributed by atoms with van der Waals surface area (Å²) in [5.41, 5.74) is 0.544. The molecule has 1 saturated heterocycles. The van der Waals surface area contributed by atoms with Crippen LogP contribution in [-0.4, -0.2) is 24.7 Å². The minimum absolute atomic E-state index is 0.131. The fourth-order valence-corrected chi connectivity index (χ4v) is 5.75. The maximum Gasteiger partial charge on any atom is 0.266 e. The van der Waals surface area contributed by atoms with Crippen molar-refractivity contribution >= 4 is 15.9 Å². The second kappa shape index (κ2) is 6.13. The van der Waals surface area contributed by atoms with E-state index < -0.39 is 15.4 Å². The van der Waals surface area contributed by atoms with Crippen molar-refractivity contribution in [3.63, 3.8) is 0 Å². The van der Waals surface area contributed by atoms with Crippen molar-refractivity contribution in [3.05, 3.63) is 60.2 Å². The van der Waals surface area contributed by atoms with Gasteiger partial charge in [-0.15, -0.1) is 0 Å². The molecule has 6 heteroatoms. The number of hydrogen-bond donors (Lipinski definition) is 0. The summed E-state index contributed by atoms with van der Waals surface area (Å²) < 4.78 is 32.5. The summed E-state index contributed by atoms with van der Waals surface area (Å²) in [6, 6.07) is 15.8. The molecule has 1 heterocycles. The van der Waals surface area contributed by atoms with Gasteiger partial charge in [-0.2, -0.15) is 0 Å². The highest BCUT2D eigenvalue weighted by Crippen LogP contribution is 2.52. The second-order valence-corrected chi connectivity index (χ2v) is 8.99. The monoisotopic (exact) mass is 371 g/mol. The third kappa shape index (κ3) is 2.60. The molecular formula is C20H21NO4S. The highest BCUT2D eigenvalue weighted by molar-refractivity contribution is 7.89. The number of carbonyl (C=O) groups is 1. The molecule has 0 radical (unpaired) electrons. The lowest BCUT2D eigenvalue weighted by Crippen LogP contribution is -2.66. The molecule has 1 aliphatic carbocycles. The van der Waals surface area contributed by atoms with E-state index >= 15 is 0 Å². The first-order valence-electron chi connectivity index (χ1n) is 8.78. The smallest absolute Gasteiger partial charge is 0.266 e. The van der Waals surface area contributed by atoms with Gasteiger partial charge in [-0.05, 0) is 49.6 Å². The van der Waals surface area contributed by atoms with Crippen molar-refractivity contribution in [1.29, 1.82) is 0 Å². The van der Waals surface area contributed by atoms with Crippen molar-refractivity contribution in [2.45, 2.75) is 43.7 Å². The fraction of sp³-hybridized carbons (Fsp3) is 0.350. The molecule has 5 nitrogen and oxygen atoms in total. The van der Waals surface area contributed by atoms with Crippen LogP contribution in [0, 0.1) is 5.41 Å². The van der Waals surface area contributed by atoms with E-state index in [2.05, 4.69) is 0 Å². The van der Waals surface area contributed by atoms with Gasteiger partial charge in [0, 0.05) is 0 Å². The SMILES string of the molecule is C[C@]12CCC[C@H]1N(S(=O)(=O)c1ccc(OCc3ccccc3)cc1)C2=O. The molecule has 2 atom stereocenters. The molecule has 1 aliphatic heterocycles. The van der Waals surface area contributed by atoms with E-state index in [0.717, 1.165) is 29.1 Å². The Morgan fingerprint density at radius 2 is 1.81 bits per heavy atom. The largest absolute Gasteiger partial charge is 0.489 e. The molecule has 1 amide bonds. The number of fused-ring (bicyclic) bond motifs is 1. The van der Waals surface area contributed by atoms with Crippen LogP contribution in [0.1, 0.15) is 31.7 Å². The predicted octanol–water partition coefficient (Wildman–Crippen LogP) is 3.36. The maximum atomic E-state index is 12.9. The number of ether oxygens (including phenoxy) is 1. The van der Waals surface area contributed by atoms with E-state index in [-0.39, 0.29) is 16.8 Å². The van der Waals surface area contributed by atoms with Crippen LogP contribution in [0.3, 0.4) is 0 Å². The molecule has 2 aromatic carbocycles. The zero-order chi connectivity index (χ0) is 18.4. The second-order valence-electron chi connectivity index (χ2n) is 7.18. The number of nitrogens with zero attached hydrogens (tertiary/aromatic N) is 1. The van der Waals surface area contributed by atoms with Crippen molar-refractivity contribution in [1.82, 2.24) is 4.31 Å². The number of β-lactam (4-membered cyclic amide) rings is 1. The van der Waals surface area contributed by atoms with Gasteiger partial charge in [-0.3, -0.25) is 4.79 Å². The third-order valence-electron chi connectivity index (χ3n) is 5.51. The first-order valence-corrected chi connectivity index (χ1v) is 10.2. The first-order chi connectivity index (χ1) is 12.4. The summed E-state index contributed by atoms with van der Waals surface area (Å²) in [5, 5.41) is 0. The lowest BCUT2D eigenvalue weighted by molar-refractivity contribution is -0.154. The summed E-state index contributed by atoms with van der Waals surface area (Å²) in [5.74, 6) is 0.317. The number of sulfonamides is 1. The highest BCUT2D eigenvalue weighted by Gasteiger charge is 2.63. The molecule has 4 rings (SSSR count). The van der Waals surface area contributed by atoms with Gasteiger partial charge in [-0.1, -0.05) is 36.8 Å². The van der Waals surface area contributed by atoms with Gasteiger partial charge in [0.05, 0.1) is 16.4 Å². The maximum absolute atomic E-state index is 12.9. The van der Waals surface area contributed by atoms with Crippen LogP contribution in [0.4, 0.5) is 0 Å². The fourth-order valence-electron chi connectivity index (χ4n) is 3.94. The topological polar surface area (TPSA) is 63.7 Å². The van der Waals surface area contributed by atoms with Crippen LogP contribution in [-0.2, 0) is 21.4 Å². The van der Waals surface area contributed by atoms with E-state index in [4.69, 9.17) is 4.74 Å². The lowest BCUT2D eigenvalue weighted by Gasteiger charge is -2.49. The normalized spacial score (nSPS) is 24.9. The van der Waals surface area contributed by atoms with Gasteiger partial charge in [0.15, 0.2) is 0 Å². The first kappa shape index (κ1) is 17.1. The molecule has 136 valence electrons. The molecule has 2 fully saturated rings. The van der Waals surface area contributed by atoms with Crippen LogP contribution >= 0.6 is 0 Å². The predicted molar refractivity (Wildman–Crippen MR) is 97.0 cm³/mol. The Morgan fingerprint density at radius 3 is 2.50 bits per heavy atom. The molecule has 2 aromatic rings. The van der Waals surface area contributed by atoms with E-state index in [1.165, 1.54) is 12.1 Å². The van der Waals surface area contributed by atoms with Crippen LogP contribution in [0.5, 0.6) is 5.75 Å². The van der Waals surface area contributed by atoms with Crippen LogP contribution in [0.25, 0.3) is 0 Å². The average molecular weight is 371 g/mol. The number of carbonyl (C=O) groups excluding carboxylic acids is 1. The Hall–Kier alpha value is -2.34. The molecule has 0 aromatic heterocycles. The molecule has 0 spiro atoms. The van der Waals surface area contributed by atoms with E-state index in [9.17, 15) is 13.2 Å². The zero-order valence-corrected chi connectivity index (χ0v) is 15.4. The molecule has 0 unspecified atom stereocenters. The van der Waals surface area contributed by atoms with E-state index in [0.29, 0.717) is 12.4 Å². The van der Waals surface area contributed by atoms with Crippen LogP contribution in [0.15, 0.2) is 59.5 Å². The molecule has 0 N–H and O–H groups in total. The minimum atomic E-state index is -3.80. The summed E-state index contributed by atoms with van der Waals surface area (Å²) >= 11 is 0. The average Bonchev–Trinajstić information content (AvgIpc) is 2.98. The Labute approximate surface area is 153 Å². The zero-order valence-electron chi connectivity index (χ0n) is 14.6. The van der Waals surface area contributed by atoms with Crippen molar-refractivity contribution in [3.8, 4) is 5.75 Å². The number of rotatable bonds is 5. The molecular weight excluding hydrogens is 350 g/mol. The Bertz CT molecular complexity index is 924. The number of benzene rings is 2. The van der Waals surface area contributed by atoms with Gasteiger partial charge in [0.1, 0.15) is 12.4 Å². The minimum Gasteiger partial charge on any atom is -0.489 e. The molecule has 2 aliphatic rings. The number of hydrogen-bond acceptors (Lipinski definition) is 4. The standard InChI is InChI=1S/C20H21NO4S/c1-20-13-5-8-18(20)21(19(20)22)26(23,24)17-11-9-16(10-12-17)25-14-15-6-3-2-4-7-15/h2-4,6-7,9-12,18H,5,8,13-14H2,1H3/t18-,20+/m1/s1. The van der Waals surface area contributed by atoms with Crippen molar-refractivity contribution in [2.75, 3.05) is 0 Å². The lowest BCUT2D eigenvalue weighted by atomic mass is 9.77. The van der Waals surface area contributed by atoms with E-state index in [1.807, 2.05) is 37.3 Å². The Kier molecular flexibility index (Phi) is 4.03. The molecule has 0 bridgehead atoms.